The first-order chi connectivity index (χ1) is 12.7. The van der Waals surface area contributed by atoms with Crippen LogP contribution in [0.5, 0.6) is 5.75 Å². The van der Waals surface area contributed by atoms with Crippen molar-refractivity contribution in [2.24, 2.45) is 5.92 Å². The zero-order valence-electron chi connectivity index (χ0n) is 15.6. The van der Waals surface area contributed by atoms with Gasteiger partial charge in [-0.2, -0.15) is 0 Å². The van der Waals surface area contributed by atoms with Crippen LogP contribution in [-0.4, -0.2) is 61.4 Å². The van der Waals surface area contributed by atoms with E-state index in [1.54, 1.807) is 7.11 Å². The van der Waals surface area contributed by atoms with Gasteiger partial charge in [0.25, 0.3) is 0 Å². The van der Waals surface area contributed by atoms with Crippen molar-refractivity contribution >= 4 is 17.5 Å². The Balaban J connectivity index is 1.43. The number of hydrogen-bond acceptors (Lipinski definition) is 4. The molecule has 0 aliphatic carbocycles. The minimum absolute atomic E-state index is 0.00587. The highest BCUT2D eigenvalue weighted by molar-refractivity contribution is 5.92. The van der Waals surface area contributed by atoms with Crippen molar-refractivity contribution in [3.63, 3.8) is 0 Å². The maximum absolute atomic E-state index is 12.3. The van der Waals surface area contributed by atoms with Gasteiger partial charge in [0, 0.05) is 39.0 Å². The Bertz CT molecular complexity index is 634. The number of piperidine rings is 1. The number of methoxy groups -OCH3 is 1. The van der Waals surface area contributed by atoms with E-state index < -0.39 is 0 Å². The maximum Gasteiger partial charge on any atom is 0.225 e. The van der Waals surface area contributed by atoms with Gasteiger partial charge in [-0.25, -0.2) is 0 Å². The summed E-state index contributed by atoms with van der Waals surface area (Å²) in [5, 5.41) is 2.93. The number of amides is 2. The molecule has 1 atom stereocenters. The summed E-state index contributed by atoms with van der Waals surface area (Å²) in [5.74, 6) is 1.52. The van der Waals surface area contributed by atoms with Crippen LogP contribution in [0.25, 0.3) is 0 Å². The summed E-state index contributed by atoms with van der Waals surface area (Å²) in [4.78, 5) is 28.5. The fourth-order valence-corrected chi connectivity index (χ4v) is 3.93. The normalized spacial score (nSPS) is 21.0. The molecular formula is C20H29N3O3. The van der Waals surface area contributed by atoms with Gasteiger partial charge in [0.1, 0.15) is 5.75 Å². The van der Waals surface area contributed by atoms with E-state index in [1.165, 1.54) is 6.42 Å². The highest BCUT2D eigenvalue weighted by Gasteiger charge is 2.26. The second-order valence-corrected chi connectivity index (χ2v) is 7.25. The molecule has 2 aliphatic heterocycles. The number of nitrogens with one attached hydrogen (secondary N) is 1. The SMILES string of the molecule is COc1ccccc1NC(=O)CCN1CCC[C@@H](CN2CCCC2=O)C1. The Morgan fingerprint density at radius 3 is 2.88 bits per heavy atom. The van der Waals surface area contributed by atoms with E-state index >= 15 is 0 Å². The molecule has 2 fully saturated rings. The third kappa shape index (κ3) is 4.97. The highest BCUT2D eigenvalue weighted by atomic mass is 16.5. The summed E-state index contributed by atoms with van der Waals surface area (Å²) in [6, 6.07) is 7.45. The number of anilines is 1. The van der Waals surface area contributed by atoms with E-state index in [4.69, 9.17) is 4.74 Å². The molecule has 0 bridgehead atoms. The van der Waals surface area contributed by atoms with Crippen LogP contribution in [0.4, 0.5) is 5.69 Å². The van der Waals surface area contributed by atoms with E-state index in [0.717, 1.165) is 45.6 Å². The number of para-hydroxylation sites is 2. The molecule has 1 aromatic rings. The summed E-state index contributed by atoms with van der Waals surface area (Å²) in [7, 11) is 1.60. The Morgan fingerprint density at radius 2 is 2.12 bits per heavy atom. The zero-order valence-corrected chi connectivity index (χ0v) is 15.6. The molecule has 26 heavy (non-hydrogen) atoms. The molecule has 2 aliphatic rings. The summed E-state index contributed by atoms with van der Waals surface area (Å²) in [6.07, 6.45) is 4.49. The Kier molecular flexibility index (Phi) is 6.50. The van der Waals surface area contributed by atoms with E-state index in [2.05, 4.69) is 10.2 Å². The van der Waals surface area contributed by atoms with Crippen LogP contribution in [0, 0.1) is 5.92 Å². The van der Waals surface area contributed by atoms with Gasteiger partial charge < -0.3 is 19.9 Å². The van der Waals surface area contributed by atoms with Crippen LogP contribution in [0.2, 0.25) is 0 Å². The quantitative estimate of drug-likeness (QED) is 0.812. The minimum atomic E-state index is 0.00587. The van der Waals surface area contributed by atoms with Crippen molar-refractivity contribution < 1.29 is 14.3 Å². The number of carbonyl (C=O) groups is 2. The van der Waals surface area contributed by atoms with Crippen LogP contribution in [0.3, 0.4) is 0 Å². The van der Waals surface area contributed by atoms with Crippen molar-refractivity contribution in [3.8, 4) is 5.75 Å². The molecule has 0 aromatic heterocycles. The highest BCUT2D eigenvalue weighted by Crippen LogP contribution is 2.24. The molecule has 0 radical (unpaired) electrons. The largest absolute Gasteiger partial charge is 0.495 e. The lowest BCUT2D eigenvalue weighted by Gasteiger charge is -2.34. The first-order valence-corrected chi connectivity index (χ1v) is 9.58. The van der Waals surface area contributed by atoms with Crippen LogP contribution < -0.4 is 10.1 Å². The van der Waals surface area contributed by atoms with Gasteiger partial charge in [0.15, 0.2) is 0 Å². The summed E-state index contributed by atoms with van der Waals surface area (Å²) in [6.45, 7) is 4.56. The van der Waals surface area contributed by atoms with Crippen molar-refractivity contribution in [2.45, 2.75) is 32.1 Å². The van der Waals surface area contributed by atoms with Crippen LogP contribution >= 0.6 is 0 Å². The molecule has 1 N–H and O–H groups in total. The number of hydrogen-bond donors (Lipinski definition) is 1. The van der Waals surface area contributed by atoms with Gasteiger partial charge in [0.2, 0.25) is 11.8 Å². The molecule has 142 valence electrons. The summed E-state index contributed by atoms with van der Waals surface area (Å²) in [5.41, 5.74) is 0.712. The maximum atomic E-state index is 12.3. The molecular weight excluding hydrogens is 330 g/mol. The predicted octanol–water partition coefficient (Wildman–Crippen LogP) is 2.36. The van der Waals surface area contributed by atoms with Crippen LogP contribution in [0.1, 0.15) is 32.1 Å². The standard InChI is InChI=1S/C20H29N3O3/c1-26-18-8-3-2-7-17(18)21-19(24)10-13-22-11-4-6-16(14-22)15-23-12-5-9-20(23)25/h2-3,7-8,16H,4-6,9-15H2,1H3,(H,21,24)/t16-/m1/s1. The molecule has 0 unspecified atom stereocenters. The summed E-state index contributed by atoms with van der Waals surface area (Å²) < 4.78 is 5.27. The fourth-order valence-electron chi connectivity index (χ4n) is 3.93. The van der Waals surface area contributed by atoms with Crippen LogP contribution in [0.15, 0.2) is 24.3 Å². The molecule has 2 amide bonds. The average Bonchev–Trinajstić information content (AvgIpc) is 3.05. The Morgan fingerprint density at radius 1 is 1.27 bits per heavy atom. The number of carbonyl (C=O) groups excluding carboxylic acids is 2. The van der Waals surface area contributed by atoms with E-state index in [-0.39, 0.29) is 5.91 Å². The lowest BCUT2D eigenvalue weighted by atomic mass is 9.97. The Labute approximate surface area is 155 Å². The Hall–Kier alpha value is -2.08. The number of nitrogens with zero attached hydrogens (tertiary/aromatic N) is 2. The lowest BCUT2D eigenvalue weighted by Crippen LogP contribution is -2.42. The number of rotatable bonds is 7. The third-order valence-electron chi connectivity index (χ3n) is 5.29. The van der Waals surface area contributed by atoms with Crippen molar-refractivity contribution in [1.82, 2.24) is 9.80 Å². The van der Waals surface area contributed by atoms with E-state index in [0.29, 0.717) is 36.1 Å². The molecule has 1 aromatic carbocycles. The predicted molar refractivity (Wildman–Crippen MR) is 101 cm³/mol. The topological polar surface area (TPSA) is 61.9 Å². The average molecular weight is 359 g/mol. The molecule has 0 saturated carbocycles. The van der Waals surface area contributed by atoms with Crippen LogP contribution in [-0.2, 0) is 9.59 Å². The monoisotopic (exact) mass is 359 g/mol. The molecule has 2 saturated heterocycles. The number of likely N-dealkylation sites (tertiary alicyclic amines) is 2. The van der Waals surface area contributed by atoms with Gasteiger partial charge in [-0.05, 0) is 43.9 Å². The van der Waals surface area contributed by atoms with Gasteiger partial charge in [-0.3, -0.25) is 9.59 Å². The van der Waals surface area contributed by atoms with Gasteiger partial charge in [-0.1, -0.05) is 12.1 Å². The smallest absolute Gasteiger partial charge is 0.225 e. The molecule has 6 heteroatoms. The second kappa shape index (κ2) is 9.03. The van der Waals surface area contributed by atoms with Gasteiger partial charge >= 0.3 is 0 Å². The molecule has 0 spiro atoms. The van der Waals surface area contributed by atoms with E-state index in [9.17, 15) is 9.59 Å². The summed E-state index contributed by atoms with van der Waals surface area (Å²) >= 11 is 0. The molecule has 2 heterocycles. The third-order valence-corrected chi connectivity index (χ3v) is 5.29. The van der Waals surface area contributed by atoms with E-state index in [1.807, 2.05) is 29.2 Å². The van der Waals surface area contributed by atoms with Crippen molar-refractivity contribution in [2.75, 3.05) is 45.2 Å². The fraction of sp³-hybridized carbons (Fsp3) is 0.600. The first-order valence-electron chi connectivity index (χ1n) is 9.58. The molecule has 6 nitrogen and oxygen atoms in total. The molecule has 3 rings (SSSR count). The lowest BCUT2D eigenvalue weighted by molar-refractivity contribution is -0.128. The number of ether oxygens (including phenoxy) is 1. The van der Waals surface area contributed by atoms with Crippen molar-refractivity contribution in [1.29, 1.82) is 0 Å². The van der Waals surface area contributed by atoms with Gasteiger partial charge in [-0.15, -0.1) is 0 Å². The van der Waals surface area contributed by atoms with Crippen molar-refractivity contribution in [3.05, 3.63) is 24.3 Å². The zero-order chi connectivity index (χ0) is 18.4. The second-order valence-electron chi connectivity index (χ2n) is 7.25. The van der Waals surface area contributed by atoms with Gasteiger partial charge in [0.05, 0.1) is 12.8 Å². The minimum Gasteiger partial charge on any atom is -0.495 e. The first kappa shape index (κ1) is 18.7. The number of benzene rings is 1.